The topological polar surface area (TPSA) is 33.0 Å². The number of nitriles is 1. The van der Waals surface area contributed by atoms with Gasteiger partial charge in [-0.05, 0) is 106 Å². The highest BCUT2D eigenvalue weighted by Crippen LogP contribution is 2.37. The van der Waals surface area contributed by atoms with Gasteiger partial charge >= 0.3 is 0 Å². The van der Waals surface area contributed by atoms with Gasteiger partial charge in [-0.25, -0.2) is 8.78 Å². The van der Waals surface area contributed by atoms with Crippen LogP contribution in [0.5, 0.6) is 0 Å². The lowest BCUT2D eigenvalue weighted by Gasteiger charge is -2.32. The molecule has 0 radical (unpaired) electrons. The Morgan fingerprint density at radius 2 is 1.69 bits per heavy atom. The van der Waals surface area contributed by atoms with E-state index in [4.69, 9.17) is 10.00 Å². The molecule has 0 aliphatic heterocycles. The predicted octanol–water partition coefficient (Wildman–Crippen LogP) is 6.97. The molecule has 1 aromatic rings. The van der Waals surface area contributed by atoms with Gasteiger partial charge in [-0.3, -0.25) is 0 Å². The second-order valence-electron chi connectivity index (χ2n) is 8.61. The van der Waals surface area contributed by atoms with E-state index in [0.29, 0.717) is 30.3 Å². The van der Waals surface area contributed by atoms with E-state index >= 15 is 0 Å². The van der Waals surface area contributed by atoms with Gasteiger partial charge in [0.05, 0.1) is 6.10 Å². The summed E-state index contributed by atoms with van der Waals surface area (Å²) in [6.07, 6.45) is 11.7. The summed E-state index contributed by atoms with van der Waals surface area (Å²) in [5.41, 5.74) is 0.908. The normalized spacial score (nSPS) is 28.1. The second kappa shape index (κ2) is 10.8. The highest BCUT2D eigenvalue weighted by molar-refractivity contribution is 5.22. The number of rotatable bonds is 7. The van der Waals surface area contributed by atoms with Gasteiger partial charge < -0.3 is 4.74 Å². The van der Waals surface area contributed by atoms with Crippen molar-refractivity contribution in [3.63, 3.8) is 0 Å². The van der Waals surface area contributed by atoms with Crippen LogP contribution in [0.25, 0.3) is 0 Å². The Labute approximate surface area is 171 Å². The van der Waals surface area contributed by atoms with E-state index in [1.807, 2.05) is 0 Å². The van der Waals surface area contributed by atoms with Crippen molar-refractivity contribution in [1.29, 1.82) is 5.26 Å². The van der Waals surface area contributed by atoms with Crippen molar-refractivity contribution < 1.29 is 17.9 Å². The third kappa shape index (κ3) is 6.60. The maximum Gasteiger partial charge on any atom is 0.196 e. The maximum absolute atomic E-state index is 13.5. The number of ether oxygens (including phenoxy) is 1. The first-order chi connectivity index (χ1) is 14.0. The maximum atomic E-state index is 13.5. The molecule has 29 heavy (non-hydrogen) atoms. The van der Waals surface area contributed by atoms with Crippen molar-refractivity contribution in [3.8, 4) is 6.07 Å². The van der Waals surface area contributed by atoms with E-state index < -0.39 is 17.5 Å². The highest BCUT2D eigenvalue weighted by Gasteiger charge is 2.26. The summed E-state index contributed by atoms with van der Waals surface area (Å²) in [5.74, 6) is -0.748. The first kappa shape index (κ1) is 21.9. The SMILES string of the molecule is N#CC(F)=CCC[C@H]1CC[C@H](OC[C@H]2CC[C@H](c3ccc(F)c(F)c3)CC2)CC1. The first-order valence-corrected chi connectivity index (χ1v) is 10.9. The van der Waals surface area contributed by atoms with Crippen LogP contribution in [0.2, 0.25) is 0 Å². The fourth-order valence-corrected chi connectivity index (χ4v) is 4.78. The zero-order chi connectivity index (χ0) is 20.6. The molecule has 2 fully saturated rings. The number of allylic oxidation sites excluding steroid dienone is 2. The summed E-state index contributed by atoms with van der Waals surface area (Å²) in [6, 6.07) is 5.80. The predicted molar refractivity (Wildman–Crippen MR) is 107 cm³/mol. The standard InChI is InChI=1S/C24H30F3NO/c25-21(15-28)3-1-2-17-6-11-22(12-7-17)29-16-18-4-8-19(9-5-18)20-10-13-23(26)24(27)14-20/h3,10,13-14,17-19,22H,1-2,4-9,11-12,16H2/t17-,18-,19-,22-. The highest BCUT2D eigenvalue weighted by atomic mass is 19.2. The van der Waals surface area contributed by atoms with Crippen molar-refractivity contribution in [2.45, 2.75) is 76.2 Å². The molecule has 3 rings (SSSR count). The van der Waals surface area contributed by atoms with Gasteiger partial charge in [0.25, 0.3) is 0 Å². The van der Waals surface area contributed by atoms with Gasteiger partial charge in [0.15, 0.2) is 17.5 Å². The lowest BCUT2D eigenvalue weighted by atomic mass is 9.79. The largest absolute Gasteiger partial charge is 0.378 e. The minimum atomic E-state index is -0.781. The summed E-state index contributed by atoms with van der Waals surface area (Å²) in [6.45, 7) is 0.788. The Hall–Kier alpha value is -1.80. The third-order valence-electron chi connectivity index (χ3n) is 6.63. The number of hydrogen-bond donors (Lipinski definition) is 0. The molecule has 1 aromatic carbocycles. The molecule has 0 bridgehead atoms. The van der Waals surface area contributed by atoms with E-state index in [0.717, 1.165) is 70.0 Å². The summed E-state index contributed by atoms with van der Waals surface area (Å²) in [4.78, 5) is 0. The molecule has 0 aromatic heterocycles. The van der Waals surface area contributed by atoms with Crippen molar-refractivity contribution in [3.05, 3.63) is 47.3 Å². The Morgan fingerprint density at radius 3 is 2.34 bits per heavy atom. The van der Waals surface area contributed by atoms with Gasteiger partial charge in [-0.2, -0.15) is 9.65 Å². The summed E-state index contributed by atoms with van der Waals surface area (Å²) < 4.78 is 45.6. The molecule has 0 saturated heterocycles. The van der Waals surface area contributed by atoms with E-state index in [2.05, 4.69) is 0 Å². The summed E-state index contributed by atoms with van der Waals surface area (Å²) in [7, 11) is 0. The van der Waals surface area contributed by atoms with Gasteiger partial charge in [-0.1, -0.05) is 6.07 Å². The van der Waals surface area contributed by atoms with Crippen molar-refractivity contribution in [2.24, 2.45) is 11.8 Å². The van der Waals surface area contributed by atoms with E-state index in [-0.39, 0.29) is 0 Å². The Kier molecular flexibility index (Phi) is 8.18. The monoisotopic (exact) mass is 405 g/mol. The molecular weight excluding hydrogens is 375 g/mol. The van der Waals surface area contributed by atoms with Crippen LogP contribution >= 0.6 is 0 Å². The van der Waals surface area contributed by atoms with E-state index in [9.17, 15) is 13.2 Å². The van der Waals surface area contributed by atoms with E-state index in [1.54, 1.807) is 6.07 Å². The van der Waals surface area contributed by atoms with Crippen LogP contribution in [0.3, 0.4) is 0 Å². The molecule has 2 saturated carbocycles. The molecule has 158 valence electrons. The van der Waals surface area contributed by atoms with Crippen LogP contribution in [0, 0.1) is 34.8 Å². The first-order valence-electron chi connectivity index (χ1n) is 10.9. The summed E-state index contributed by atoms with van der Waals surface area (Å²) >= 11 is 0. The fourth-order valence-electron chi connectivity index (χ4n) is 4.78. The van der Waals surface area contributed by atoms with Gasteiger partial charge in [-0.15, -0.1) is 0 Å². The average molecular weight is 406 g/mol. The Morgan fingerprint density at radius 1 is 1.00 bits per heavy atom. The third-order valence-corrected chi connectivity index (χ3v) is 6.63. The molecule has 0 N–H and O–H groups in total. The number of nitrogens with zero attached hydrogens (tertiary/aromatic N) is 1. The number of benzene rings is 1. The van der Waals surface area contributed by atoms with Gasteiger partial charge in [0, 0.05) is 6.61 Å². The molecule has 0 atom stereocenters. The molecule has 5 heteroatoms. The molecule has 2 nitrogen and oxygen atoms in total. The number of halogens is 3. The Bertz CT molecular complexity index is 726. The van der Waals surface area contributed by atoms with Crippen LogP contribution in [0.15, 0.2) is 30.1 Å². The summed E-state index contributed by atoms with van der Waals surface area (Å²) in [5, 5.41) is 8.43. The molecule has 2 aliphatic rings. The number of hydrogen-bond acceptors (Lipinski definition) is 2. The quantitative estimate of drug-likeness (QED) is 0.459. The average Bonchev–Trinajstić information content (AvgIpc) is 2.75. The van der Waals surface area contributed by atoms with Gasteiger partial charge in [0.2, 0.25) is 0 Å². The van der Waals surface area contributed by atoms with Crippen LogP contribution in [0.4, 0.5) is 13.2 Å². The second-order valence-corrected chi connectivity index (χ2v) is 8.61. The minimum Gasteiger partial charge on any atom is -0.378 e. The molecule has 2 aliphatic carbocycles. The van der Waals surface area contributed by atoms with Crippen LogP contribution < -0.4 is 0 Å². The smallest absolute Gasteiger partial charge is 0.196 e. The zero-order valence-corrected chi connectivity index (χ0v) is 16.9. The molecule has 0 amide bonds. The van der Waals surface area contributed by atoms with Crippen LogP contribution in [0.1, 0.15) is 75.7 Å². The van der Waals surface area contributed by atoms with Crippen molar-refractivity contribution in [1.82, 2.24) is 0 Å². The van der Waals surface area contributed by atoms with Crippen LogP contribution in [-0.2, 0) is 4.74 Å². The van der Waals surface area contributed by atoms with E-state index in [1.165, 1.54) is 24.3 Å². The minimum absolute atomic E-state index is 0.316. The molecule has 0 heterocycles. The van der Waals surface area contributed by atoms with Gasteiger partial charge in [0.1, 0.15) is 6.07 Å². The fraction of sp³-hybridized carbons (Fsp3) is 0.625. The Balaban J connectivity index is 1.32. The molecular formula is C24H30F3NO. The van der Waals surface area contributed by atoms with Crippen molar-refractivity contribution >= 4 is 0 Å². The zero-order valence-electron chi connectivity index (χ0n) is 16.9. The van der Waals surface area contributed by atoms with Crippen LogP contribution in [-0.4, -0.2) is 12.7 Å². The lowest BCUT2D eigenvalue weighted by Crippen LogP contribution is -2.25. The van der Waals surface area contributed by atoms with Crippen molar-refractivity contribution in [2.75, 3.05) is 6.61 Å². The molecule has 0 unspecified atom stereocenters. The lowest BCUT2D eigenvalue weighted by molar-refractivity contribution is -0.00825. The molecule has 0 spiro atoms.